The lowest BCUT2D eigenvalue weighted by Gasteiger charge is -1.92. The molecule has 0 aromatic heterocycles. The summed E-state index contributed by atoms with van der Waals surface area (Å²) in [4.78, 5) is 3.35. The van der Waals surface area contributed by atoms with Gasteiger partial charge in [0.15, 0.2) is 5.84 Å². The first-order chi connectivity index (χ1) is 4.76. The van der Waals surface area contributed by atoms with Crippen LogP contribution in [0.25, 0.3) is 0 Å². The minimum atomic E-state index is -0.0133. The van der Waals surface area contributed by atoms with E-state index in [2.05, 4.69) is 16.8 Å². The number of amidine groups is 1. The number of nitrogens with one attached hydrogen (secondary N) is 1. The molecule has 0 saturated carbocycles. The van der Waals surface area contributed by atoms with Gasteiger partial charge in [0.25, 0.3) is 0 Å². The number of rotatable bonds is 2. The molecule has 0 unspecified atom stereocenters. The molecule has 54 valence electrons. The Morgan fingerprint density at radius 2 is 2.30 bits per heavy atom. The smallest absolute Gasteiger partial charge is 0.171 e. The predicted molar refractivity (Wildman–Crippen MR) is 43.7 cm³/mol. The van der Waals surface area contributed by atoms with Crippen molar-refractivity contribution in [3.63, 3.8) is 0 Å². The Morgan fingerprint density at radius 1 is 1.70 bits per heavy atom. The zero-order valence-electron chi connectivity index (χ0n) is 5.83. The molecule has 0 spiro atoms. The molecule has 0 aromatic rings. The predicted octanol–water partition coefficient (Wildman–Crippen LogP) is 0.555. The first-order valence-corrected chi connectivity index (χ1v) is 2.72. The largest absolute Gasteiger partial charge is 0.323 e. The van der Waals surface area contributed by atoms with Crippen molar-refractivity contribution in [3.8, 4) is 0 Å². The van der Waals surface area contributed by atoms with Gasteiger partial charge in [0, 0.05) is 0 Å². The molecular formula is C6H10N4. The SMILES string of the molecule is C=NC(=N)C(/C=C\C)=N\N. The van der Waals surface area contributed by atoms with Crippen LogP contribution >= 0.6 is 0 Å². The van der Waals surface area contributed by atoms with E-state index in [-0.39, 0.29) is 5.84 Å². The van der Waals surface area contributed by atoms with Crippen LogP contribution in [0.4, 0.5) is 0 Å². The van der Waals surface area contributed by atoms with Crippen molar-refractivity contribution >= 4 is 18.3 Å². The molecule has 0 aliphatic rings. The molecule has 0 bridgehead atoms. The maximum Gasteiger partial charge on any atom is 0.171 e. The maximum atomic E-state index is 7.11. The first kappa shape index (κ1) is 8.55. The Hall–Kier alpha value is -1.45. The van der Waals surface area contributed by atoms with Crippen LogP contribution < -0.4 is 5.84 Å². The van der Waals surface area contributed by atoms with Gasteiger partial charge in [-0.15, -0.1) is 0 Å². The fourth-order valence-electron chi connectivity index (χ4n) is 0.422. The van der Waals surface area contributed by atoms with Gasteiger partial charge in [0.1, 0.15) is 5.71 Å². The third-order valence-electron chi connectivity index (χ3n) is 0.864. The summed E-state index contributed by atoms with van der Waals surface area (Å²) >= 11 is 0. The third kappa shape index (κ3) is 2.21. The van der Waals surface area contributed by atoms with E-state index < -0.39 is 0 Å². The first-order valence-electron chi connectivity index (χ1n) is 2.72. The number of hydrogen-bond acceptors (Lipinski definition) is 3. The van der Waals surface area contributed by atoms with Gasteiger partial charge in [-0.25, -0.2) is 4.99 Å². The van der Waals surface area contributed by atoms with E-state index in [1.807, 2.05) is 6.92 Å². The summed E-state index contributed by atoms with van der Waals surface area (Å²) in [6.45, 7) is 4.97. The van der Waals surface area contributed by atoms with E-state index >= 15 is 0 Å². The highest BCUT2D eigenvalue weighted by molar-refractivity contribution is 6.45. The van der Waals surface area contributed by atoms with E-state index in [1.54, 1.807) is 12.2 Å². The van der Waals surface area contributed by atoms with Crippen molar-refractivity contribution in [1.82, 2.24) is 0 Å². The van der Waals surface area contributed by atoms with E-state index in [9.17, 15) is 0 Å². The molecule has 0 amide bonds. The molecular weight excluding hydrogens is 128 g/mol. The molecule has 0 fully saturated rings. The molecule has 10 heavy (non-hydrogen) atoms. The van der Waals surface area contributed by atoms with Gasteiger partial charge in [-0.05, 0) is 19.7 Å². The monoisotopic (exact) mass is 138 g/mol. The summed E-state index contributed by atoms with van der Waals surface area (Å²) < 4.78 is 0. The van der Waals surface area contributed by atoms with E-state index in [4.69, 9.17) is 11.3 Å². The number of nitrogens with two attached hydrogens (primary N) is 1. The van der Waals surface area contributed by atoms with Crippen LogP contribution in [0.5, 0.6) is 0 Å². The fourth-order valence-corrected chi connectivity index (χ4v) is 0.422. The van der Waals surface area contributed by atoms with Crippen LogP contribution in [0.3, 0.4) is 0 Å². The minimum absolute atomic E-state index is 0.0133. The van der Waals surface area contributed by atoms with Crippen molar-refractivity contribution < 1.29 is 0 Å². The highest BCUT2D eigenvalue weighted by Gasteiger charge is 1.97. The Balaban J connectivity index is 4.37. The Kier molecular flexibility index (Phi) is 3.79. The zero-order chi connectivity index (χ0) is 7.98. The Morgan fingerprint density at radius 3 is 2.60 bits per heavy atom. The van der Waals surface area contributed by atoms with Gasteiger partial charge in [-0.1, -0.05) is 6.08 Å². The highest BCUT2D eigenvalue weighted by Crippen LogP contribution is 1.84. The number of allylic oxidation sites excluding steroid dienone is 1. The molecule has 3 N–H and O–H groups in total. The topological polar surface area (TPSA) is 74.6 Å². The summed E-state index contributed by atoms with van der Waals surface area (Å²) in [5.74, 6) is 4.93. The second-order valence-electron chi connectivity index (χ2n) is 1.52. The number of nitrogens with zero attached hydrogens (tertiary/aromatic N) is 2. The summed E-state index contributed by atoms with van der Waals surface area (Å²) in [7, 11) is 0. The summed E-state index contributed by atoms with van der Waals surface area (Å²) in [5.41, 5.74) is 0.331. The van der Waals surface area contributed by atoms with Crippen LogP contribution in [0, 0.1) is 5.41 Å². The van der Waals surface area contributed by atoms with E-state index in [0.717, 1.165) is 0 Å². The van der Waals surface area contributed by atoms with Gasteiger partial charge in [0.05, 0.1) is 0 Å². The average Bonchev–Trinajstić information content (AvgIpc) is 1.99. The quantitative estimate of drug-likeness (QED) is 0.249. The van der Waals surface area contributed by atoms with Gasteiger partial charge < -0.3 is 5.84 Å². The minimum Gasteiger partial charge on any atom is -0.323 e. The standard InChI is InChI=1S/C6H10N4/c1-3-4-5(10-8)6(7)9-2/h3-4,7H,2,8H2,1H3/b4-3-,7-6?,10-5-. The Bertz CT molecular complexity index is 190. The molecule has 4 nitrogen and oxygen atoms in total. The van der Waals surface area contributed by atoms with Crippen molar-refractivity contribution in [2.75, 3.05) is 0 Å². The maximum absolute atomic E-state index is 7.11. The highest BCUT2D eigenvalue weighted by atomic mass is 15.1. The van der Waals surface area contributed by atoms with Crippen molar-refractivity contribution in [3.05, 3.63) is 12.2 Å². The molecule has 4 heteroatoms. The van der Waals surface area contributed by atoms with Crippen molar-refractivity contribution in [2.45, 2.75) is 6.92 Å². The normalized spacial score (nSPS) is 11.9. The molecule has 0 aliphatic carbocycles. The van der Waals surface area contributed by atoms with Crippen LogP contribution in [-0.4, -0.2) is 18.3 Å². The fraction of sp³-hybridized carbons (Fsp3) is 0.167. The number of aliphatic imine (C=N–C) groups is 1. The van der Waals surface area contributed by atoms with Crippen LogP contribution in [0.1, 0.15) is 6.92 Å². The van der Waals surface area contributed by atoms with Crippen molar-refractivity contribution in [2.24, 2.45) is 15.9 Å². The molecule has 0 aliphatic heterocycles. The van der Waals surface area contributed by atoms with Crippen LogP contribution in [-0.2, 0) is 0 Å². The summed E-state index contributed by atoms with van der Waals surface area (Å²) in [6.07, 6.45) is 3.32. The van der Waals surface area contributed by atoms with Gasteiger partial charge in [-0.3, -0.25) is 5.41 Å². The molecule has 0 rings (SSSR count). The molecule has 0 saturated heterocycles. The summed E-state index contributed by atoms with van der Waals surface area (Å²) in [6, 6.07) is 0. The van der Waals surface area contributed by atoms with Crippen LogP contribution in [0.15, 0.2) is 22.2 Å². The Labute approximate surface area is 59.7 Å². The van der Waals surface area contributed by atoms with E-state index in [0.29, 0.717) is 5.71 Å². The summed E-state index contributed by atoms with van der Waals surface area (Å²) in [5, 5.41) is 10.4. The van der Waals surface area contributed by atoms with Crippen molar-refractivity contribution in [1.29, 1.82) is 5.41 Å². The number of hydrogen-bond donors (Lipinski definition) is 2. The molecule has 0 atom stereocenters. The second-order valence-corrected chi connectivity index (χ2v) is 1.52. The molecule has 0 heterocycles. The lowest BCUT2D eigenvalue weighted by atomic mass is 10.3. The third-order valence-corrected chi connectivity index (χ3v) is 0.864. The zero-order valence-corrected chi connectivity index (χ0v) is 5.83. The van der Waals surface area contributed by atoms with Crippen LogP contribution in [0.2, 0.25) is 0 Å². The number of hydrazone groups is 1. The molecule has 0 radical (unpaired) electrons. The lowest BCUT2D eigenvalue weighted by Crippen LogP contribution is -2.09. The lowest BCUT2D eigenvalue weighted by molar-refractivity contribution is 1.25. The van der Waals surface area contributed by atoms with E-state index in [1.165, 1.54) is 0 Å². The average molecular weight is 138 g/mol. The van der Waals surface area contributed by atoms with Gasteiger partial charge in [-0.2, -0.15) is 5.10 Å². The second kappa shape index (κ2) is 4.43. The van der Waals surface area contributed by atoms with Gasteiger partial charge in [0.2, 0.25) is 0 Å². The molecule has 0 aromatic carbocycles. The van der Waals surface area contributed by atoms with Gasteiger partial charge >= 0.3 is 0 Å².